The molecule has 1 atom stereocenters. The quantitative estimate of drug-likeness (QED) is 0.912. The van der Waals surface area contributed by atoms with E-state index in [1.807, 2.05) is 0 Å². The minimum atomic E-state index is -3.20. The topological polar surface area (TPSA) is 67.3 Å². The first-order valence-corrected chi connectivity index (χ1v) is 7.25. The Morgan fingerprint density at radius 1 is 1.00 bits per heavy atom. The van der Waals surface area contributed by atoms with Gasteiger partial charge in [0.25, 0.3) is 0 Å². The van der Waals surface area contributed by atoms with Crippen molar-refractivity contribution in [1.82, 2.24) is 4.98 Å². The summed E-state index contributed by atoms with van der Waals surface area (Å²) in [4.78, 5) is 4.12. The summed E-state index contributed by atoms with van der Waals surface area (Å²) in [6.07, 6.45) is 3.58. The molecule has 0 fully saturated rings. The number of aliphatic hydroxyl groups is 1. The van der Waals surface area contributed by atoms with E-state index >= 15 is 0 Å². The van der Waals surface area contributed by atoms with Gasteiger partial charge in [0, 0.05) is 18.6 Å². The number of pyridine rings is 1. The molecule has 0 aliphatic heterocycles. The number of benzene rings is 1. The number of aromatic nitrogens is 1. The van der Waals surface area contributed by atoms with Crippen LogP contribution in [0.15, 0.2) is 53.7 Å². The Morgan fingerprint density at radius 2 is 1.50 bits per heavy atom. The molecule has 1 heterocycles. The van der Waals surface area contributed by atoms with Crippen molar-refractivity contribution in [2.75, 3.05) is 6.26 Å². The van der Waals surface area contributed by atoms with Crippen LogP contribution in [0.3, 0.4) is 0 Å². The summed E-state index contributed by atoms with van der Waals surface area (Å²) >= 11 is 0. The van der Waals surface area contributed by atoms with Crippen molar-refractivity contribution in [3.05, 3.63) is 59.9 Å². The molecule has 1 N–H and O–H groups in total. The fourth-order valence-corrected chi connectivity index (χ4v) is 2.27. The van der Waals surface area contributed by atoms with Gasteiger partial charge in [0.1, 0.15) is 6.10 Å². The van der Waals surface area contributed by atoms with Crippen LogP contribution in [0, 0.1) is 0 Å². The van der Waals surface area contributed by atoms with Crippen molar-refractivity contribution in [3.63, 3.8) is 0 Å². The van der Waals surface area contributed by atoms with Crippen molar-refractivity contribution in [2.24, 2.45) is 0 Å². The second kappa shape index (κ2) is 4.88. The Labute approximate surface area is 106 Å². The smallest absolute Gasteiger partial charge is 0.175 e. The molecule has 0 aliphatic carbocycles. The first kappa shape index (κ1) is 12.7. The van der Waals surface area contributed by atoms with Crippen LogP contribution in [0.1, 0.15) is 17.2 Å². The molecular formula is C13H13NO3S. The van der Waals surface area contributed by atoms with Crippen molar-refractivity contribution in [3.8, 4) is 0 Å². The van der Waals surface area contributed by atoms with Gasteiger partial charge in [-0.05, 0) is 35.4 Å². The Kier molecular flexibility index (Phi) is 3.45. The zero-order chi connectivity index (χ0) is 13.2. The molecule has 2 aromatic rings. The summed E-state index contributed by atoms with van der Waals surface area (Å²) in [7, 11) is -3.20. The average molecular weight is 263 g/mol. The van der Waals surface area contributed by atoms with Gasteiger partial charge >= 0.3 is 0 Å². The molecular weight excluding hydrogens is 250 g/mol. The monoisotopic (exact) mass is 263 g/mol. The van der Waals surface area contributed by atoms with E-state index in [2.05, 4.69) is 4.98 Å². The maximum Gasteiger partial charge on any atom is 0.175 e. The Bertz CT molecular complexity index is 621. The van der Waals surface area contributed by atoms with E-state index in [1.54, 1.807) is 36.7 Å². The fourth-order valence-electron chi connectivity index (χ4n) is 1.64. The van der Waals surface area contributed by atoms with Gasteiger partial charge in [0.05, 0.1) is 4.90 Å². The molecule has 1 unspecified atom stereocenters. The fraction of sp³-hybridized carbons (Fsp3) is 0.154. The van der Waals surface area contributed by atoms with Gasteiger partial charge in [-0.2, -0.15) is 0 Å². The lowest BCUT2D eigenvalue weighted by Crippen LogP contribution is -2.01. The molecule has 18 heavy (non-hydrogen) atoms. The van der Waals surface area contributed by atoms with Gasteiger partial charge < -0.3 is 5.11 Å². The lowest BCUT2D eigenvalue weighted by Gasteiger charge is -2.11. The predicted octanol–water partition coefficient (Wildman–Crippen LogP) is 1.57. The maximum absolute atomic E-state index is 11.3. The third-order valence-electron chi connectivity index (χ3n) is 2.65. The Morgan fingerprint density at radius 3 is 2.00 bits per heavy atom. The summed E-state index contributed by atoms with van der Waals surface area (Å²) in [6, 6.07) is 9.65. The predicted molar refractivity (Wildman–Crippen MR) is 67.9 cm³/mol. The molecule has 1 aromatic heterocycles. The lowest BCUT2D eigenvalue weighted by atomic mass is 10.0. The van der Waals surface area contributed by atoms with Crippen LogP contribution >= 0.6 is 0 Å². The van der Waals surface area contributed by atoms with Gasteiger partial charge in [0.2, 0.25) is 0 Å². The Hall–Kier alpha value is -1.72. The zero-order valence-corrected chi connectivity index (χ0v) is 10.6. The van der Waals surface area contributed by atoms with Gasteiger partial charge in [-0.1, -0.05) is 12.1 Å². The molecule has 0 bridgehead atoms. The van der Waals surface area contributed by atoms with E-state index in [4.69, 9.17) is 0 Å². The van der Waals surface area contributed by atoms with E-state index < -0.39 is 15.9 Å². The third kappa shape index (κ3) is 2.75. The molecule has 4 nitrogen and oxygen atoms in total. The van der Waals surface area contributed by atoms with Gasteiger partial charge in [-0.3, -0.25) is 4.98 Å². The molecule has 2 rings (SSSR count). The van der Waals surface area contributed by atoms with Gasteiger partial charge in [-0.25, -0.2) is 8.42 Å². The van der Waals surface area contributed by atoms with Crippen LogP contribution in [-0.4, -0.2) is 24.8 Å². The second-order valence-electron chi connectivity index (χ2n) is 4.02. The number of sulfone groups is 1. The van der Waals surface area contributed by atoms with Crippen molar-refractivity contribution >= 4 is 9.84 Å². The maximum atomic E-state index is 11.3. The molecule has 94 valence electrons. The molecule has 0 spiro atoms. The average Bonchev–Trinajstić information content (AvgIpc) is 2.38. The number of hydrogen-bond donors (Lipinski definition) is 1. The minimum absolute atomic E-state index is 0.244. The van der Waals surface area contributed by atoms with Crippen LogP contribution in [0.25, 0.3) is 0 Å². The van der Waals surface area contributed by atoms with Crippen molar-refractivity contribution < 1.29 is 13.5 Å². The van der Waals surface area contributed by atoms with E-state index in [9.17, 15) is 13.5 Å². The van der Waals surface area contributed by atoms with Gasteiger partial charge in [-0.15, -0.1) is 0 Å². The summed E-state index contributed by atoms with van der Waals surface area (Å²) < 4.78 is 22.6. The highest BCUT2D eigenvalue weighted by Crippen LogP contribution is 2.22. The van der Waals surface area contributed by atoms with E-state index in [0.717, 1.165) is 11.8 Å². The van der Waals surface area contributed by atoms with Crippen LogP contribution in [-0.2, 0) is 9.84 Å². The summed E-state index contributed by atoms with van der Waals surface area (Å²) in [6.45, 7) is 0. The number of hydrogen-bond acceptors (Lipinski definition) is 4. The summed E-state index contributed by atoms with van der Waals surface area (Å²) in [5.74, 6) is 0. The van der Waals surface area contributed by atoms with E-state index in [-0.39, 0.29) is 4.90 Å². The SMILES string of the molecule is CS(=O)(=O)c1ccc(C(O)c2ccncc2)cc1. The third-order valence-corrected chi connectivity index (χ3v) is 3.77. The van der Waals surface area contributed by atoms with Crippen molar-refractivity contribution in [2.45, 2.75) is 11.0 Å². The first-order valence-electron chi connectivity index (χ1n) is 5.36. The highest BCUT2D eigenvalue weighted by molar-refractivity contribution is 7.90. The lowest BCUT2D eigenvalue weighted by molar-refractivity contribution is 0.220. The molecule has 0 aliphatic rings. The highest BCUT2D eigenvalue weighted by Gasteiger charge is 2.12. The summed E-state index contributed by atoms with van der Waals surface area (Å²) in [5, 5.41) is 10.1. The number of aliphatic hydroxyl groups excluding tert-OH is 1. The largest absolute Gasteiger partial charge is 0.384 e. The molecule has 1 aromatic carbocycles. The van der Waals surface area contributed by atoms with Crippen LogP contribution < -0.4 is 0 Å². The molecule has 0 saturated carbocycles. The Balaban J connectivity index is 2.31. The van der Waals surface area contributed by atoms with Crippen molar-refractivity contribution in [1.29, 1.82) is 0 Å². The molecule has 5 heteroatoms. The van der Waals surface area contributed by atoms with Crippen LogP contribution in [0.4, 0.5) is 0 Å². The molecule has 0 amide bonds. The molecule has 0 saturated heterocycles. The van der Waals surface area contributed by atoms with Crippen LogP contribution in [0.5, 0.6) is 0 Å². The second-order valence-corrected chi connectivity index (χ2v) is 6.04. The highest BCUT2D eigenvalue weighted by atomic mass is 32.2. The normalized spacial score (nSPS) is 13.2. The van der Waals surface area contributed by atoms with Gasteiger partial charge in [0.15, 0.2) is 9.84 Å². The number of rotatable bonds is 3. The standard InChI is InChI=1S/C13H13NO3S/c1-18(16,17)12-4-2-10(3-5-12)13(15)11-6-8-14-9-7-11/h2-9,13,15H,1H3. The van der Waals surface area contributed by atoms with E-state index in [1.165, 1.54) is 12.1 Å². The molecule has 0 radical (unpaired) electrons. The first-order chi connectivity index (χ1) is 8.48. The summed E-state index contributed by atoms with van der Waals surface area (Å²) in [5.41, 5.74) is 1.37. The number of nitrogens with zero attached hydrogens (tertiary/aromatic N) is 1. The van der Waals surface area contributed by atoms with E-state index in [0.29, 0.717) is 5.56 Å². The zero-order valence-electron chi connectivity index (χ0n) is 9.82. The minimum Gasteiger partial charge on any atom is -0.384 e. The van der Waals surface area contributed by atoms with Crippen LogP contribution in [0.2, 0.25) is 0 Å².